The lowest BCUT2D eigenvalue weighted by Crippen LogP contribution is -2.38. The number of hydrogen-bond donors (Lipinski definition) is 1. The molecule has 6 nitrogen and oxygen atoms in total. The number of likely N-dealkylation sites (N-methyl/N-ethyl adjacent to an activating group) is 1. The molecule has 1 fully saturated rings. The Labute approximate surface area is 179 Å². The third kappa shape index (κ3) is 6.39. The first kappa shape index (κ1) is 22.5. The van der Waals surface area contributed by atoms with Crippen LogP contribution in [0.4, 0.5) is 0 Å². The van der Waals surface area contributed by atoms with Crippen molar-refractivity contribution >= 4 is 15.9 Å². The predicted molar refractivity (Wildman–Crippen MR) is 118 cm³/mol. The van der Waals surface area contributed by atoms with Gasteiger partial charge in [-0.1, -0.05) is 55.3 Å². The Morgan fingerprint density at radius 3 is 2.17 bits per heavy atom. The predicted octanol–water partition coefficient (Wildman–Crippen LogP) is 3.00. The average Bonchev–Trinajstić information content (AvgIpc) is 3.02. The van der Waals surface area contributed by atoms with E-state index in [1.165, 1.54) is 50.4 Å². The van der Waals surface area contributed by atoms with Crippen molar-refractivity contribution < 1.29 is 13.2 Å². The van der Waals surface area contributed by atoms with Crippen molar-refractivity contribution in [2.75, 3.05) is 26.7 Å². The summed E-state index contributed by atoms with van der Waals surface area (Å²) >= 11 is 0. The molecule has 0 bridgehead atoms. The maximum Gasteiger partial charge on any atom is 0.243 e. The Kier molecular flexibility index (Phi) is 8.01. The second-order valence-electron chi connectivity index (χ2n) is 7.86. The molecular weight excluding hydrogens is 398 g/mol. The average molecular weight is 430 g/mol. The molecule has 0 unspecified atom stereocenters. The van der Waals surface area contributed by atoms with Crippen molar-refractivity contribution in [2.24, 2.45) is 0 Å². The molecule has 1 aliphatic rings. The minimum absolute atomic E-state index is 0.181. The summed E-state index contributed by atoms with van der Waals surface area (Å²) in [7, 11) is -2.26. The zero-order valence-electron chi connectivity index (χ0n) is 17.6. The fraction of sp³-hybridized carbons (Fsp3) is 0.435. The van der Waals surface area contributed by atoms with E-state index in [0.717, 1.165) is 29.5 Å². The van der Waals surface area contributed by atoms with Crippen molar-refractivity contribution in [2.45, 2.75) is 43.7 Å². The summed E-state index contributed by atoms with van der Waals surface area (Å²) in [6, 6.07) is 16.4. The van der Waals surface area contributed by atoms with Crippen LogP contribution in [0.1, 0.15) is 36.8 Å². The molecule has 162 valence electrons. The highest BCUT2D eigenvalue weighted by Gasteiger charge is 2.22. The van der Waals surface area contributed by atoms with E-state index in [4.69, 9.17) is 0 Å². The smallest absolute Gasteiger partial charge is 0.243 e. The summed E-state index contributed by atoms with van der Waals surface area (Å²) in [5.74, 6) is -0.328. The molecule has 1 N–H and O–H groups in total. The summed E-state index contributed by atoms with van der Waals surface area (Å²) in [4.78, 5) is 14.9. The Morgan fingerprint density at radius 2 is 1.53 bits per heavy atom. The maximum absolute atomic E-state index is 12.5. The first-order chi connectivity index (χ1) is 14.4. The minimum atomic E-state index is -3.67. The second kappa shape index (κ2) is 10.7. The van der Waals surface area contributed by atoms with Crippen molar-refractivity contribution in [3.05, 3.63) is 65.7 Å². The van der Waals surface area contributed by atoms with Gasteiger partial charge in [0.1, 0.15) is 0 Å². The molecule has 1 aliphatic heterocycles. The fourth-order valence-electron chi connectivity index (χ4n) is 3.63. The van der Waals surface area contributed by atoms with Gasteiger partial charge in [-0.05, 0) is 49.2 Å². The summed E-state index contributed by atoms with van der Waals surface area (Å²) in [6.45, 7) is 3.45. The third-order valence-corrected chi connectivity index (χ3v) is 7.25. The molecule has 0 saturated carbocycles. The molecule has 1 heterocycles. The lowest BCUT2D eigenvalue weighted by atomic mass is 10.1. The van der Waals surface area contributed by atoms with E-state index in [-0.39, 0.29) is 17.3 Å². The zero-order valence-corrected chi connectivity index (χ0v) is 18.4. The number of carbonyl (C=O) groups is 1. The van der Waals surface area contributed by atoms with Gasteiger partial charge >= 0.3 is 0 Å². The Bertz CT molecular complexity index is 906. The van der Waals surface area contributed by atoms with Gasteiger partial charge < -0.3 is 5.32 Å². The molecule has 7 heteroatoms. The number of hydrogen-bond acceptors (Lipinski definition) is 4. The van der Waals surface area contributed by atoms with Crippen molar-refractivity contribution in [3.8, 4) is 0 Å². The van der Waals surface area contributed by atoms with Gasteiger partial charge in [0.05, 0.1) is 11.4 Å². The van der Waals surface area contributed by atoms with Crippen LogP contribution >= 0.6 is 0 Å². The van der Waals surface area contributed by atoms with E-state index in [9.17, 15) is 13.2 Å². The van der Waals surface area contributed by atoms with Gasteiger partial charge in [-0.25, -0.2) is 8.42 Å². The number of carbonyl (C=O) groups excluding carboxylic acids is 1. The van der Waals surface area contributed by atoms with Crippen LogP contribution < -0.4 is 5.32 Å². The minimum Gasteiger partial charge on any atom is -0.351 e. The van der Waals surface area contributed by atoms with Crippen LogP contribution in [0.3, 0.4) is 0 Å². The Morgan fingerprint density at radius 1 is 0.933 bits per heavy atom. The largest absolute Gasteiger partial charge is 0.351 e. The third-order valence-electron chi connectivity index (χ3n) is 5.44. The number of likely N-dealkylation sites (tertiary alicyclic amines) is 1. The van der Waals surface area contributed by atoms with Gasteiger partial charge in [0.15, 0.2) is 0 Å². The first-order valence-electron chi connectivity index (χ1n) is 10.5. The van der Waals surface area contributed by atoms with Crippen LogP contribution in [0.15, 0.2) is 59.5 Å². The molecule has 2 aromatic rings. The van der Waals surface area contributed by atoms with E-state index in [1.807, 2.05) is 12.1 Å². The van der Waals surface area contributed by atoms with E-state index < -0.39 is 10.0 Å². The van der Waals surface area contributed by atoms with E-state index in [2.05, 4.69) is 22.3 Å². The van der Waals surface area contributed by atoms with Gasteiger partial charge in [-0.2, -0.15) is 4.31 Å². The molecule has 1 saturated heterocycles. The number of nitrogens with one attached hydrogen (secondary N) is 1. The van der Waals surface area contributed by atoms with Crippen molar-refractivity contribution in [1.82, 2.24) is 14.5 Å². The van der Waals surface area contributed by atoms with Crippen LogP contribution in [0.2, 0.25) is 0 Å². The molecule has 0 radical (unpaired) electrons. The van der Waals surface area contributed by atoms with Gasteiger partial charge in [0, 0.05) is 20.1 Å². The molecule has 1 amide bonds. The molecule has 0 atom stereocenters. The Hall–Kier alpha value is -2.22. The number of benzene rings is 2. The lowest BCUT2D eigenvalue weighted by Gasteiger charge is -2.20. The monoisotopic (exact) mass is 429 g/mol. The van der Waals surface area contributed by atoms with E-state index >= 15 is 0 Å². The fourth-order valence-corrected chi connectivity index (χ4v) is 4.78. The number of nitrogens with zero attached hydrogens (tertiary/aromatic N) is 2. The quantitative estimate of drug-likeness (QED) is 0.700. The summed E-state index contributed by atoms with van der Waals surface area (Å²) in [5, 5.41) is 2.81. The molecular formula is C23H31N3O3S. The highest BCUT2D eigenvalue weighted by Crippen LogP contribution is 2.15. The van der Waals surface area contributed by atoms with Gasteiger partial charge in [0.2, 0.25) is 15.9 Å². The van der Waals surface area contributed by atoms with Crippen molar-refractivity contribution in [1.29, 1.82) is 0 Å². The molecule has 2 aromatic carbocycles. The second-order valence-corrected chi connectivity index (χ2v) is 9.90. The van der Waals surface area contributed by atoms with Crippen molar-refractivity contribution in [3.63, 3.8) is 0 Å². The van der Waals surface area contributed by atoms with Crippen LogP contribution in [-0.2, 0) is 27.9 Å². The number of rotatable bonds is 8. The highest BCUT2D eigenvalue weighted by atomic mass is 32.2. The normalized spacial score (nSPS) is 15.7. The topological polar surface area (TPSA) is 69.7 Å². The molecule has 0 aromatic heterocycles. The summed E-state index contributed by atoms with van der Waals surface area (Å²) < 4.78 is 26.1. The molecule has 0 spiro atoms. The highest BCUT2D eigenvalue weighted by molar-refractivity contribution is 7.89. The van der Waals surface area contributed by atoms with Gasteiger partial charge in [-0.3, -0.25) is 9.69 Å². The first-order valence-corrected chi connectivity index (χ1v) is 12.0. The number of amides is 1. The molecule has 30 heavy (non-hydrogen) atoms. The SMILES string of the molecule is CN(CC(=O)NCc1ccc(CN2CCCCCC2)cc1)S(=O)(=O)c1ccccc1. The lowest BCUT2D eigenvalue weighted by molar-refractivity contribution is -0.121. The van der Waals surface area contributed by atoms with Gasteiger partial charge in [-0.15, -0.1) is 0 Å². The Balaban J connectivity index is 1.47. The summed E-state index contributed by atoms with van der Waals surface area (Å²) in [5.41, 5.74) is 2.28. The van der Waals surface area contributed by atoms with Crippen LogP contribution in [0, 0.1) is 0 Å². The summed E-state index contributed by atoms with van der Waals surface area (Å²) in [6.07, 6.45) is 5.21. The van der Waals surface area contributed by atoms with Gasteiger partial charge in [0.25, 0.3) is 0 Å². The zero-order chi connectivity index (χ0) is 21.4. The van der Waals surface area contributed by atoms with Crippen LogP contribution in [-0.4, -0.2) is 50.2 Å². The van der Waals surface area contributed by atoms with E-state index in [0.29, 0.717) is 6.54 Å². The molecule has 3 rings (SSSR count). The van der Waals surface area contributed by atoms with Crippen LogP contribution in [0.25, 0.3) is 0 Å². The maximum atomic E-state index is 12.5. The molecule has 0 aliphatic carbocycles. The van der Waals surface area contributed by atoms with Crippen LogP contribution in [0.5, 0.6) is 0 Å². The standard InChI is InChI=1S/C23H31N3O3S/c1-25(30(28,29)22-9-5-4-6-10-22)19-23(27)24-17-20-11-13-21(14-12-20)18-26-15-7-2-3-8-16-26/h4-6,9-14H,2-3,7-8,15-19H2,1H3,(H,24,27). The number of sulfonamides is 1. The van der Waals surface area contributed by atoms with E-state index in [1.54, 1.807) is 18.2 Å².